The van der Waals surface area contributed by atoms with Gasteiger partial charge in [0.2, 0.25) is 11.8 Å². The molecule has 2 aromatic carbocycles. The molecule has 0 spiro atoms. The van der Waals surface area contributed by atoms with E-state index in [4.69, 9.17) is 0 Å². The highest BCUT2D eigenvalue weighted by Crippen LogP contribution is 2.24. The van der Waals surface area contributed by atoms with E-state index in [0.29, 0.717) is 17.1 Å². The quantitative estimate of drug-likeness (QED) is 0.707. The van der Waals surface area contributed by atoms with Gasteiger partial charge in [-0.25, -0.2) is 0 Å². The summed E-state index contributed by atoms with van der Waals surface area (Å²) in [6, 6.07) is 11.0. The SMILES string of the molecule is CC(=O)Nc1ccc(NC(C)C(=O)Nc2ccc(OC(F)(F)F)cc2)cc1. The van der Waals surface area contributed by atoms with E-state index in [9.17, 15) is 22.8 Å². The van der Waals surface area contributed by atoms with E-state index in [-0.39, 0.29) is 17.6 Å². The molecular weight excluding hydrogens is 363 g/mol. The lowest BCUT2D eigenvalue weighted by molar-refractivity contribution is -0.274. The van der Waals surface area contributed by atoms with Gasteiger partial charge in [0.1, 0.15) is 11.8 Å². The van der Waals surface area contributed by atoms with Gasteiger partial charge in [0.05, 0.1) is 0 Å². The predicted molar refractivity (Wildman–Crippen MR) is 95.6 cm³/mol. The highest BCUT2D eigenvalue weighted by atomic mass is 19.4. The second-order valence-corrected chi connectivity index (χ2v) is 5.69. The van der Waals surface area contributed by atoms with Crippen LogP contribution < -0.4 is 20.7 Å². The number of carbonyl (C=O) groups is 2. The van der Waals surface area contributed by atoms with Crippen LogP contribution in [0.4, 0.5) is 30.2 Å². The molecular formula is C18H18F3N3O3. The van der Waals surface area contributed by atoms with E-state index < -0.39 is 12.4 Å². The molecule has 2 amide bonds. The zero-order valence-electron chi connectivity index (χ0n) is 14.6. The van der Waals surface area contributed by atoms with Crippen molar-refractivity contribution >= 4 is 28.9 Å². The molecule has 0 aliphatic heterocycles. The molecule has 9 heteroatoms. The summed E-state index contributed by atoms with van der Waals surface area (Å²) < 4.78 is 40.2. The van der Waals surface area contributed by atoms with Crippen molar-refractivity contribution in [3.8, 4) is 5.75 Å². The minimum Gasteiger partial charge on any atom is -0.406 e. The normalized spacial score (nSPS) is 12.0. The summed E-state index contributed by atoms with van der Waals surface area (Å²) in [5, 5.41) is 8.21. The van der Waals surface area contributed by atoms with Crippen molar-refractivity contribution in [3.05, 3.63) is 48.5 Å². The lowest BCUT2D eigenvalue weighted by Crippen LogP contribution is -2.31. The minimum absolute atomic E-state index is 0.185. The Morgan fingerprint density at radius 1 is 0.889 bits per heavy atom. The molecule has 2 aromatic rings. The van der Waals surface area contributed by atoms with E-state index in [1.165, 1.54) is 19.1 Å². The Labute approximate surface area is 153 Å². The first-order valence-corrected chi connectivity index (χ1v) is 7.93. The van der Waals surface area contributed by atoms with Crippen molar-refractivity contribution in [2.75, 3.05) is 16.0 Å². The van der Waals surface area contributed by atoms with Crippen LogP contribution >= 0.6 is 0 Å². The third-order valence-corrected chi connectivity index (χ3v) is 3.34. The van der Waals surface area contributed by atoms with Crippen molar-refractivity contribution in [2.24, 2.45) is 0 Å². The number of amides is 2. The third kappa shape index (κ3) is 6.89. The number of rotatable bonds is 6. The molecule has 144 valence electrons. The summed E-state index contributed by atoms with van der Waals surface area (Å²) in [5.74, 6) is -0.925. The van der Waals surface area contributed by atoms with Crippen LogP contribution in [0.1, 0.15) is 13.8 Å². The van der Waals surface area contributed by atoms with Gasteiger partial charge in [-0.15, -0.1) is 13.2 Å². The summed E-state index contributed by atoms with van der Waals surface area (Å²) in [4.78, 5) is 23.2. The Balaban J connectivity index is 1.90. The molecule has 6 nitrogen and oxygen atoms in total. The first kappa shape index (κ1) is 20.1. The van der Waals surface area contributed by atoms with E-state index in [1.54, 1.807) is 31.2 Å². The Hall–Kier alpha value is -3.23. The molecule has 0 saturated heterocycles. The number of hydrogen-bond donors (Lipinski definition) is 3. The van der Waals surface area contributed by atoms with E-state index in [2.05, 4.69) is 20.7 Å². The monoisotopic (exact) mass is 381 g/mol. The molecule has 0 heterocycles. The fraction of sp³-hybridized carbons (Fsp3) is 0.222. The second kappa shape index (κ2) is 8.43. The molecule has 0 aliphatic carbocycles. The first-order chi connectivity index (χ1) is 12.6. The number of anilines is 3. The molecule has 3 N–H and O–H groups in total. The fourth-order valence-electron chi connectivity index (χ4n) is 2.16. The minimum atomic E-state index is -4.77. The number of benzene rings is 2. The summed E-state index contributed by atoms with van der Waals surface area (Å²) in [6.45, 7) is 3.04. The van der Waals surface area contributed by atoms with Crippen LogP contribution in [0, 0.1) is 0 Å². The van der Waals surface area contributed by atoms with Crippen molar-refractivity contribution in [3.63, 3.8) is 0 Å². The maximum Gasteiger partial charge on any atom is 0.573 e. The van der Waals surface area contributed by atoms with Gasteiger partial charge < -0.3 is 20.7 Å². The number of halogens is 3. The zero-order chi connectivity index (χ0) is 20.0. The van der Waals surface area contributed by atoms with Crippen LogP contribution in [0.2, 0.25) is 0 Å². The number of alkyl halides is 3. The fourth-order valence-corrected chi connectivity index (χ4v) is 2.16. The molecule has 1 unspecified atom stereocenters. The van der Waals surface area contributed by atoms with Crippen LogP contribution in [-0.2, 0) is 9.59 Å². The Bertz CT molecular complexity index is 790. The Kier molecular flexibility index (Phi) is 6.27. The van der Waals surface area contributed by atoms with Crippen LogP contribution in [0.15, 0.2) is 48.5 Å². The van der Waals surface area contributed by atoms with E-state index in [1.807, 2.05) is 0 Å². The maximum absolute atomic E-state index is 12.2. The van der Waals surface area contributed by atoms with Crippen LogP contribution in [0.3, 0.4) is 0 Å². The summed E-state index contributed by atoms with van der Waals surface area (Å²) in [7, 11) is 0. The summed E-state index contributed by atoms with van der Waals surface area (Å²) in [6.07, 6.45) is -4.77. The number of carbonyl (C=O) groups excluding carboxylic acids is 2. The van der Waals surface area contributed by atoms with Gasteiger partial charge in [-0.3, -0.25) is 9.59 Å². The van der Waals surface area contributed by atoms with Gasteiger partial charge in [-0.2, -0.15) is 0 Å². The highest BCUT2D eigenvalue weighted by molar-refractivity contribution is 5.96. The molecule has 0 saturated carbocycles. The molecule has 0 aliphatic rings. The average Bonchev–Trinajstić information content (AvgIpc) is 2.56. The molecule has 0 radical (unpaired) electrons. The van der Waals surface area contributed by atoms with Crippen molar-refractivity contribution in [1.82, 2.24) is 0 Å². The summed E-state index contributed by atoms with van der Waals surface area (Å²) in [5.41, 5.74) is 1.64. The van der Waals surface area contributed by atoms with Gasteiger partial charge in [0.15, 0.2) is 0 Å². The van der Waals surface area contributed by atoms with Crippen LogP contribution in [0.25, 0.3) is 0 Å². The first-order valence-electron chi connectivity index (χ1n) is 7.93. The van der Waals surface area contributed by atoms with Crippen molar-refractivity contribution in [1.29, 1.82) is 0 Å². The Morgan fingerprint density at radius 2 is 1.37 bits per heavy atom. The molecule has 2 rings (SSSR count). The number of hydrogen-bond acceptors (Lipinski definition) is 4. The average molecular weight is 381 g/mol. The maximum atomic E-state index is 12.2. The van der Waals surface area contributed by atoms with E-state index >= 15 is 0 Å². The van der Waals surface area contributed by atoms with Gasteiger partial charge in [-0.1, -0.05) is 0 Å². The molecule has 27 heavy (non-hydrogen) atoms. The van der Waals surface area contributed by atoms with Gasteiger partial charge in [-0.05, 0) is 55.5 Å². The predicted octanol–water partition coefficient (Wildman–Crippen LogP) is 3.98. The van der Waals surface area contributed by atoms with Crippen molar-refractivity contribution in [2.45, 2.75) is 26.3 Å². The smallest absolute Gasteiger partial charge is 0.406 e. The molecule has 0 bridgehead atoms. The van der Waals surface area contributed by atoms with Crippen LogP contribution in [-0.4, -0.2) is 24.2 Å². The van der Waals surface area contributed by atoms with Crippen LogP contribution in [0.5, 0.6) is 5.75 Å². The summed E-state index contributed by atoms with van der Waals surface area (Å²) >= 11 is 0. The van der Waals surface area contributed by atoms with E-state index in [0.717, 1.165) is 12.1 Å². The van der Waals surface area contributed by atoms with Gasteiger partial charge in [0.25, 0.3) is 0 Å². The highest BCUT2D eigenvalue weighted by Gasteiger charge is 2.31. The second-order valence-electron chi connectivity index (χ2n) is 5.69. The standard InChI is InChI=1S/C18H18F3N3O3/c1-11(22-13-3-5-14(6-4-13)23-12(2)25)17(26)24-15-7-9-16(10-8-15)27-18(19,20)21/h3-11,22H,1-2H3,(H,23,25)(H,24,26). The largest absolute Gasteiger partial charge is 0.573 e. The molecule has 1 atom stereocenters. The third-order valence-electron chi connectivity index (χ3n) is 3.34. The number of ether oxygens (including phenoxy) is 1. The van der Waals surface area contributed by atoms with Gasteiger partial charge >= 0.3 is 6.36 Å². The lowest BCUT2D eigenvalue weighted by Gasteiger charge is -2.16. The zero-order valence-corrected chi connectivity index (χ0v) is 14.6. The van der Waals surface area contributed by atoms with Gasteiger partial charge in [0, 0.05) is 24.0 Å². The molecule has 0 fully saturated rings. The lowest BCUT2D eigenvalue weighted by atomic mass is 10.2. The topological polar surface area (TPSA) is 79.5 Å². The Morgan fingerprint density at radius 3 is 1.89 bits per heavy atom. The number of nitrogens with one attached hydrogen (secondary N) is 3. The van der Waals surface area contributed by atoms with Crippen molar-refractivity contribution < 1.29 is 27.5 Å². The molecule has 0 aromatic heterocycles.